The van der Waals surface area contributed by atoms with Crippen molar-refractivity contribution in [3.8, 4) is 0 Å². The summed E-state index contributed by atoms with van der Waals surface area (Å²) in [5.41, 5.74) is 0.630. The maximum absolute atomic E-state index is 13.2. The summed E-state index contributed by atoms with van der Waals surface area (Å²) in [6.45, 7) is 0.525. The second-order valence-electron chi connectivity index (χ2n) is 8.49. The minimum atomic E-state index is -3.75. The molecular formula is C25H31NO7S. The molecule has 0 radical (unpaired) electrons. The fourth-order valence-corrected chi connectivity index (χ4v) is 4.95. The Morgan fingerprint density at radius 3 is 2.15 bits per heavy atom. The van der Waals surface area contributed by atoms with Crippen molar-refractivity contribution >= 4 is 22.2 Å². The smallest absolute Gasteiger partial charge is 0.407 e. The van der Waals surface area contributed by atoms with Gasteiger partial charge in [0.2, 0.25) is 0 Å². The highest BCUT2D eigenvalue weighted by molar-refractivity contribution is 7.86. The van der Waals surface area contributed by atoms with Crippen molar-refractivity contribution in [2.45, 2.75) is 51.4 Å². The molecule has 1 amide bonds. The predicted octanol–water partition coefficient (Wildman–Crippen LogP) is 3.95. The van der Waals surface area contributed by atoms with E-state index in [1.807, 2.05) is 60.7 Å². The van der Waals surface area contributed by atoms with Gasteiger partial charge in [-0.3, -0.25) is 8.98 Å². The average molecular weight is 490 g/mol. The Bertz CT molecular complexity index is 1040. The van der Waals surface area contributed by atoms with E-state index < -0.39 is 33.7 Å². The van der Waals surface area contributed by atoms with E-state index in [0.717, 1.165) is 17.4 Å². The Balaban J connectivity index is 1.57. The van der Waals surface area contributed by atoms with Crippen molar-refractivity contribution in [3.63, 3.8) is 0 Å². The zero-order chi connectivity index (χ0) is 24.4. The minimum Gasteiger partial charge on any atom is -0.460 e. The highest BCUT2D eigenvalue weighted by Gasteiger charge is 2.52. The summed E-state index contributed by atoms with van der Waals surface area (Å²) >= 11 is 0. The van der Waals surface area contributed by atoms with Gasteiger partial charge < -0.3 is 14.8 Å². The van der Waals surface area contributed by atoms with Crippen LogP contribution in [0, 0.1) is 5.41 Å². The number of carbonyl (C=O) groups is 2. The van der Waals surface area contributed by atoms with Crippen LogP contribution in [-0.4, -0.2) is 39.4 Å². The fraction of sp³-hybridized carbons (Fsp3) is 0.440. The van der Waals surface area contributed by atoms with Crippen LogP contribution in [-0.2, 0) is 41.8 Å². The number of esters is 1. The summed E-state index contributed by atoms with van der Waals surface area (Å²) in [4.78, 5) is 25.2. The van der Waals surface area contributed by atoms with Gasteiger partial charge in [0.1, 0.15) is 13.2 Å². The zero-order valence-corrected chi connectivity index (χ0v) is 20.1. The molecule has 9 heteroatoms. The summed E-state index contributed by atoms with van der Waals surface area (Å²) in [6.07, 6.45) is 1.93. The molecule has 2 unspecified atom stereocenters. The molecule has 8 nitrogen and oxygen atoms in total. The summed E-state index contributed by atoms with van der Waals surface area (Å²) in [5, 5.41) is 2.68. The first-order chi connectivity index (χ1) is 16.3. The first kappa shape index (κ1) is 25.7. The standard InChI is InChI=1S/C25H31NO7S/c1-34(29,30)33-22-14-8-15-25(22,23(27)31-18-20-10-4-2-5-11-20)16-9-17-26-24(28)32-19-21-12-6-3-7-13-21/h2-7,10-13,22H,8-9,14-19H2,1H3,(H,26,28). The van der Waals surface area contributed by atoms with Crippen LogP contribution in [0.25, 0.3) is 0 Å². The van der Waals surface area contributed by atoms with Crippen LogP contribution in [0.5, 0.6) is 0 Å². The molecule has 1 aliphatic rings. The van der Waals surface area contributed by atoms with Gasteiger partial charge in [-0.2, -0.15) is 8.42 Å². The number of alkyl carbamates (subject to hydrolysis) is 1. The molecule has 0 spiro atoms. The Morgan fingerprint density at radius 1 is 0.971 bits per heavy atom. The molecule has 1 fully saturated rings. The van der Waals surface area contributed by atoms with E-state index >= 15 is 0 Å². The van der Waals surface area contributed by atoms with Gasteiger partial charge >= 0.3 is 12.1 Å². The van der Waals surface area contributed by atoms with E-state index in [1.165, 1.54) is 0 Å². The van der Waals surface area contributed by atoms with Crippen LogP contribution in [0.15, 0.2) is 60.7 Å². The molecule has 0 aromatic heterocycles. The number of nitrogens with one attached hydrogen (secondary N) is 1. The molecule has 2 aromatic carbocycles. The van der Waals surface area contributed by atoms with Crippen molar-refractivity contribution in [1.82, 2.24) is 5.32 Å². The lowest BCUT2D eigenvalue weighted by Crippen LogP contribution is -2.42. The Labute approximate surface area is 200 Å². The predicted molar refractivity (Wildman–Crippen MR) is 126 cm³/mol. The monoisotopic (exact) mass is 489 g/mol. The highest BCUT2D eigenvalue weighted by atomic mass is 32.2. The van der Waals surface area contributed by atoms with E-state index in [9.17, 15) is 18.0 Å². The van der Waals surface area contributed by atoms with E-state index in [-0.39, 0.29) is 19.8 Å². The van der Waals surface area contributed by atoms with Gasteiger partial charge in [-0.1, -0.05) is 60.7 Å². The molecule has 2 atom stereocenters. The lowest BCUT2D eigenvalue weighted by Gasteiger charge is -2.32. The maximum Gasteiger partial charge on any atom is 0.407 e. The molecule has 1 saturated carbocycles. The van der Waals surface area contributed by atoms with Crippen LogP contribution in [0.1, 0.15) is 43.2 Å². The number of hydrogen-bond acceptors (Lipinski definition) is 7. The number of hydrogen-bond donors (Lipinski definition) is 1. The lowest BCUT2D eigenvalue weighted by atomic mass is 9.79. The first-order valence-electron chi connectivity index (χ1n) is 11.3. The second kappa shape index (κ2) is 12.0. The second-order valence-corrected chi connectivity index (χ2v) is 10.1. The van der Waals surface area contributed by atoms with Crippen LogP contribution in [0.2, 0.25) is 0 Å². The quantitative estimate of drug-likeness (QED) is 0.289. The van der Waals surface area contributed by atoms with Gasteiger partial charge in [0.15, 0.2) is 0 Å². The summed E-state index contributed by atoms with van der Waals surface area (Å²) in [6, 6.07) is 18.6. The van der Waals surface area contributed by atoms with Crippen LogP contribution < -0.4 is 5.32 Å². The fourth-order valence-electron chi connectivity index (χ4n) is 4.25. The highest BCUT2D eigenvalue weighted by Crippen LogP contribution is 2.45. The van der Waals surface area contributed by atoms with E-state index in [0.29, 0.717) is 32.1 Å². The molecule has 3 rings (SSSR count). The molecule has 1 N–H and O–H groups in total. The third-order valence-electron chi connectivity index (χ3n) is 5.90. The molecule has 0 saturated heterocycles. The third-order valence-corrected chi connectivity index (χ3v) is 6.48. The van der Waals surface area contributed by atoms with Crippen LogP contribution in [0.3, 0.4) is 0 Å². The normalized spacial score (nSPS) is 20.0. The topological polar surface area (TPSA) is 108 Å². The van der Waals surface area contributed by atoms with Gasteiger partial charge in [-0.25, -0.2) is 4.79 Å². The molecule has 0 heterocycles. The summed E-state index contributed by atoms with van der Waals surface area (Å²) in [5.74, 6) is -0.478. The number of rotatable bonds is 11. The van der Waals surface area contributed by atoms with Crippen LogP contribution >= 0.6 is 0 Å². The molecule has 34 heavy (non-hydrogen) atoms. The molecule has 2 aromatic rings. The van der Waals surface area contributed by atoms with Gasteiger partial charge in [-0.05, 0) is 43.2 Å². The Morgan fingerprint density at radius 2 is 1.56 bits per heavy atom. The first-order valence-corrected chi connectivity index (χ1v) is 13.1. The van der Waals surface area contributed by atoms with Gasteiger partial charge in [0.05, 0.1) is 17.8 Å². The van der Waals surface area contributed by atoms with Crippen molar-refractivity contribution in [3.05, 3.63) is 71.8 Å². The molecule has 184 valence electrons. The van der Waals surface area contributed by atoms with E-state index in [2.05, 4.69) is 5.32 Å². The van der Waals surface area contributed by atoms with E-state index in [1.54, 1.807) is 0 Å². The minimum absolute atomic E-state index is 0.0943. The number of benzene rings is 2. The number of amides is 1. The Hall–Kier alpha value is -2.91. The molecule has 0 bridgehead atoms. The van der Waals surface area contributed by atoms with Gasteiger partial charge in [0.25, 0.3) is 10.1 Å². The molecule has 0 aliphatic heterocycles. The summed E-state index contributed by atoms with van der Waals surface area (Å²) in [7, 11) is -3.75. The SMILES string of the molecule is CS(=O)(=O)OC1CCCC1(CCCNC(=O)OCc1ccccc1)C(=O)OCc1ccccc1. The maximum atomic E-state index is 13.2. The van der Waals surface area contributed by atoms with Gasteiger partial charge in [-0.15, -0.1) is 0 Å². The lowest BCUT2D eigenvalue weighted by molar-refractivity contribution is -0.162. The van der Waals surface area contributed by atoms with Gasteiger partial charge in [0, 0.05) is 6.54 Å². The third kappa shape index (κ3) is 7.56. The summed E-state index contributed by atoms with van der Waals surface area (Å²) < 4.78 is 39.8. The zero-order valence-electron chi connectivity index (χ0n) is 19.3. The number of ether oxygens (including phenoxy) is 2. The average Bonchev–Trinajstić information content (AvgIpc) is 3.22. The largest absolute Gasteiger partial charge is 0.460 e. The van der Waals surface area contributed by atoms with Crippen molar-refractivity contribution < 1.29 is 31.7 Å². The van der Waals surface area contributed by atoms with Crippen molar-refractivity contribution in [2.75, 3.05) is 12.8 Å². The van der Waals surface area contributed by atoms with Crippen molar-refractivity contribution in [2.24, 2.45) is 5.41 Å². The van der Waals surface area contributed by atoms with Crippen LogP contribution in [0.4, 0.5) is 4.79 Å². The van der Waals surface area contributed by atoms with Crippen molar-refractivity contribution in [1.29, 1.82) is 0 Å². The number of carbonyl (C=O) groups excluding carboxylic acids is 2. The van der Waals surface area contributed by atoms with E-state index in [4.69, 9.17) is 13.7 Å². The Kier molecular flexibility index (Phi) is 9.06. The molecule has 1 aliphatic carbocycles. The molecular weight excluding hydrogens is 458 g/mol.